The molecule has 0 unspecified atom stereocenters. The summed E-state index contributed by atoms with van der Waals surface area (Å²) in [5.74, 6) is 3.79. The normalized spacial score (nSPS) is 10.2. The van der Waals surface area contributed by atoms with Crippen LogP contribution in [0.5, 0.6) is 5.75 Å². The van der Waals surface area contributed by atoms with Gasteiger partial charge in [-0.25, -0.2) is 8.78 Å². The van der Waals surface area contributed by atoms with Crippen LogP contribution in [-0.2, 0) is 0 Å². The zero-order valence-corrected chi connectivity index (χ0v) is 7.59. The molecule has 3 nitrogen and oxygen atoms in total. The van der Waals surface area contributed by atoms with E-state index in [1.165, 1.54) is 6.07 Å². The highest BCUT2D eigenvalue weighted by Gasteiger charge is 2.03. The predicted octanol–water partition coefficient (Wildman–Crippen LogP) is 1.20. The average Bonchev–Trinajstić information content (AvgIpc) is 2.15. The van der Waals surface area contributed by atoms with Gasteiger partial charge in [0, 0.05) is 12.6 Å². The van der Waals surface area contributed by atoms with Gasteiger partial charge in [-0.3, -0.25) is 11.3 Å². The van der Waals surface area contributed by atoms with Crippen molar-refractivity contribution in [2.24, 2.45) is 5.84 Å². The fourth-order valence-electron chi connectivity index (χ4n) is 0.949. The molecule has 0 saturated heterocycles. The summed E-state index contributed by atoms with van der Waals surface area (Å²) in [7, 11) is 0. The van der Waals surface area contributed by atoms with Crippen molar-refractivity contribution in [3.05, 3.63) is 29.8 Å². The van der Waals surface area contributed by atoms with Crippen molar-refractivity contribution >= 4 is 0 Å². The van der Waals surface area contributed by atoms with E-state index >= 15 is 0 Å². The molecule has 5 heteroatoms. The van der Waals surface area contributed by atoms with E-state index in [9.17, 15) is 8.78 Å². The van der Waals surface area contributed by atoms with Crippen LogP contribution in [0.25, 0.3) is 0 Å². The minimum atomic E-state index is -0.689. The van der Waals surface area contributed by atoms with E-state index in [4.69, 9.17) is 10.6 Å². The Labute approximate surface area is 80.8 Å². The highest BCUT2D eigenvalue weighted by Crippen LogP contribution is 2.17. The number of rotatable bonds is 5. The van der Waals surface area contributed by atoms with Gasteiger partial charge in [-0.2, -0.15) is 0 Å². The van der Waals surface area contributed by atoms with Crippen LogP contribution in [0.3, 0.4) is 0 Å². The maximum atomic E-state index is 13.0. The third-order valence-corrected chi connectivity index (χ3v) is 1.62. The summed E-state index contributed by atoms with van der Waals surface area (Å²) in [6.07, 6.45) is 0.660. The average molecular weight is 202 g/mol. The molecule has 0 aromatic heterocycles. The lowest BCUT2D eigenvalue weighted by atomic mass is 10.3. The standard InChI is InChI=1S/C9H12F2N2O/c10-7-2-3-9(8(11)6-7)14-5-1-4-13-12/h2-3,6,13H,1,4-5,12H2. The summed E-state index contributed by atoms with van der Waals surface area (Å²) >= 11 is 0. The first-order valence-electron chi connectivity index (χ1n) is 4.25. The molecule has 78 valence electrons. The molecule has 0 aliphatic carbocycles. The predicted molar refractivity (Wildman–Crippen MR) is 48.7 cm³/mol. The Kier molecular flexibility index (Phi) is 4.28. The fraction of sp³-hybridized carbons (Fsp3) is 0.333. The molecule has 1 aromatic rings. The quantitative estimate of drug-likeness (QED) is 0.428. The first kappa shape index (κ1) is 10.9. The van der Waals surface area contributed by atoms with Gasteiger partial charge < -0.3 is 4.74 Å². The van der Waals surface area contributed by atoms with Crippen molar-refractivity contribution in [1.82, 2.24) is 5.43 Å². The molecule has 0 aliphatic rings. The summed E-state index contributed by atoms with van der Waals surface area (Å²) in [4.78, 5) is 0. The molecule has 0 amide bonds. The number of halogens is 2. The number of hydrogen-bond donors (Lipinski definition) is 2. The lowest BCUT2D eigenvalue weighted by Crippen LogP contribution is -2.24. The summed E-state index contributed by atoms with van der Waals surface area (Å²) in [6, 6.07) is 3.21. The van der Waals surface area contributed by atoms with Gasteiger partial charge >= 0.3 is 0 Å². The Morgan fingerprint density at radius 2 is 2.14 bits per heavy atom. The van der Waals surface area contributed by atoms with Gasteiger partial charge in [0.15, 0.2) is 11.6 Å². The highest BCUT2D eigenvalue weighted by molar-refractivity contribution is 5.24. The zero-order valence-electron chi connectivity index (χ0n) is 7.59. The second-order valence-electron chi connectivity index (χ2n) is 2.73. The molecule has 0 aliphatic heterocycles. The molecule has 0 heterocycles. The van der Waals surface area contributed by atoms with E-state index < -0.39 is 11.6 Å². The number of nitrogens with one attached hydrogen (secondary N) is 1. The molecular weight excluding hydrogens is 190 g/mol. The third-order valence-electron chi connectivity index (χ3n) is 1.62. The molecule has 1 rings (SSSR count). The third kappa shape index (κ3) is 3.27. The Hall–Kier alpha value is -1.20. The Morgan fingerprint density at radius 1 is 1.36 bits per heavy atom. The Balaban J connectivity index is 2.42. The van der Waals surface area contributed by atoms with Crippen molar-refractivity contribution in [3.8, 4) is 5.75 Å². The van der Waals surface area contributed by atoms with Crippen LogP contribution in [0.2, 0.25) is 0 Å². The van der Waals surface area contributed by atoms with Crippen LogP contribution in [0.15, 0.2) is 18.2 Å². The number of benzene rings is 1. The Morgan fingerprint density at radius 3 is 2.79 bits per heavy atom. The van der Waals surface area contributed by atoms with Gasteiger partial charge in [-0.1, -0.05) is 0 Å². The first-order valence-corrected chi connectivity index (χ1v) is 4.25. The van der Waals surface area contributed by atoms with Gasteiger partial charge in [0.05, 0.1) is 6.61 Å². The summed E-state index contributed by atoms with van der Waals surface area (Å²) in [5, 5.41) is 0. The topological polar surface area (TPSA) is 47.3 Å². The van der Waals surface area contributed by atoms with Crippen molar-refractivity contribution in [3.63, 3.8) is 0 Å². The summed E-state index contributed by atoms with van der Waals surface area (Å²) in [5.41, 5.74) is 2.44. The molecule has 0 fully saturated rings. The smallest absolute Gasteiger partial charge is 0.167 e. The van der Waals surface area contributed by atoms with E-state index in [0.29, 0.717) is 19.6 Å². The number of ether oxygens (including phenoxy) is 1. The summed E-state index contributed by atoms with van der Waals surface area (Å²) < 4.78 is 30.5. The number of nitrogens with two attached hydrogens (primary N) is 1. The van der Waals surface area contributed by atoms with Gasteiger partial charge in [-0.15, -0.1) is 0 Å². The SMILES string of the molecule is NNCCCOc1ccc(F)cc1F. The van der Waals surface area contributed by atoms with Gasteiger partial charge in [-0.05, 0) is 18.6 Å². The molecule has 14 heavy (non-hydrogen) atoms. The second-order valence-corrected chi connectivity index (χ2v) is 2.73. The van der Waals surface area contributed by atoms with Gasteiger partial charge in [0.25, 0.3) is 0 Å². The van der Waals surface area contributed by atoms with Crippen LogP contribution in [-0.4, -0.2) is 13.2 Å². The van der Waals surface area contributed by atoms with Crippen molar-refractivity contribution in [2.75, 3.05) is 13.2 Å². The molecular formula is C9H12F2N2O. The molecule has 0 spiro atoms. The van der Waals surface area contributed by atoms with Crippen LogP contribution >= 0.6 is 0 Å². The molecule has 0 saturated carbocycles. The monoisotopic (exact) mass is 202 g/mol. The van der Waals surface area contributed by atoms with Crippen molar-refractivity contribution in [2.45, 2.75) is 6.42 Å². The second kappa shape index (κ2) is 5.51. The van der Waals surface area contributed by atoms with Gasteiger partial charge in [0.2, 0.25) is 0 Å². The van der Waals surface area contributed by atoms with E-state index in [2.05, 4.69) is 5.43 Å². The molecule has 0 atom stereocenters. The first-order chi connectivity index (χ1) is 6.74. The van der Waals surface area contributed by atoms with E-state index in [1.54, 1.807) is 0 Å². The largest absolute Gasteiger partial charge is 0.490 e. The zero-order chi connectivity index (χ0) is 10.4. The maximum absolute atomic E-state index is 13.0. The van der Waals surface area contributed by atoms with E-state index in [-0.39, 0.29) is 5.75 Å². The van der Waals surface area contributed by atoms with Gasteiger partial charge in [0.1, 0.15) is 5.82 Å². The van der Waals surface area contributed by atoms with Crippen molar-refractivity contribution < 1.29 is 13.5 Å². The Bertz CT molecular complexity index is 294. The fourth-order valence-corrected chi connectivity index (χ4v) is 0.949. The maximum Gasteiger partial charge on any atom is 0.167 e. The van der Waals surface area contributed by atoms with E-state index in [1.807, 2.05) is 0 Å². The van der Waals surface area contributed by atoms with Crippen LogP contribution in [0.4, 0.5) is 8.78 Å². The molecule has 3 N–H and O–H groups in total. The lowest BCUT2D eigenvalue weighted by molar-refractivity contribution is 0.293. The van der Waals surface area contributed by atoms with Crippen molar-refractivity contribution in [1.29, 1.82) is 0 Å². The molecule has 1 aromatic carbocycles. The summed E-state index contributed by atoms with van der Waals surface area (Å²) in [6.45, 7) is 0.926. The molecule has 0 bridgehead atoms. The number of hydrogen-bond acceptors (Lipinski definition) is 3. The molecule has 0 radical (unpaired) electrons. The number of hydrazine groups is 1. The van der Waals surface area contributed by atoms with E-state index in [0.717, 1.165) is 12.1 Å². The lowest BCUT2D eigenvalue weighted by Gasteiger charge is -2.06. The minimum Gasteiger partial charge on any atom is -0.490 e. The highest BCUT2D eigenvalue weighted by atomic mass is 19.1. The van der Waals surface area contributed by atoms with Crippen LogP contribution in [0.1, 0.15) is 6.42 Å². The van der Waals surface area contributed by atoms with Crippen LogP contribution < -0.4 is 16.0 Å². The minimum absolute atomic E-state index is 0.0587. The van der Waals surface area contributed by atoms with Crippen LogP contribution in [0, 0.1) is 11.6 Å².